The van der Waals surface area contributed by atoms with Crippen molar-refractivity contribution in [3.63, 3.8) is 0 Å². The second-order valence-electron chi connectivity index (χ2n) is 5.64. The Kier molecular flexibility index (Phi) is 4.75. The first-order valence-corrected chi connectivity index (χ1v) is 7.83. The Morgan fingerprint density at radius 1 is 1.50 bits per heavy atom. The second-order valence-corrected chi connectivity index (χ2v) is 6.58. The van der Waals surface area contributed by atoms with Crippen molar-refractivity contribution in [2.45, 2.75) is 39.7 Å². The number of carbonyl (C=O) groups is 2. The van der Waals surface area contributed by atoms with Gasteiger partial charge in [0.05, 0.1) is 11.6 Å². The van der Waals surface area contributed by atoms with Gasteiger partial charge in [-0.05, 0) is 19.3 Å². The Labute approximate surface area is 123 Å². The SMILES string of the molecule is Cc1csc(CCN2CC(=O)NC(CC(C)C)C2=O)n1. The fourth-order valence-electron chi connectivity index (χ4n) is 2.34. The lowest BCUT2D eigenvalue weighted by Crippen LogP contribution is -2.58. The van der Waals surface area contributed by atoms with Crippen LogP contribution in [0.3, 0.4) is 0 Å². The molecule has 0 saturated carbocycles. The molecule has 20 heavy (non-hydrogen) atoms. The molecule has 1 aromatic rings. The first-order valence-electron chi connectivity index (χ1n) is 6.95. The third kappa shape index (κ3) is 3.79. The molecule has 0 bridgehead atoms. The number of nitrogens with one attached hydrogen (secondary N) is 1. The van der Waals surface area contributed by atoms with Crippen molar-refractivity contribution in [1.82, 2.24) is 15.2 Å². The molecule has 1 aromatic heterocycles. The van der Waals surface area contributed by atoms with Crippen LogP contribution in [0.4, 0.5) is 0 Å². The van der Waals surface area contributed by atoms with Crippen LogP contribution in [-0.4, -0.2) is 40.8 Å². The maximum Gasteiger partial charge on any atom is 0.245 e. The van der Waals surface area contributed by atoms with Crippen LogP contribution in [0.5, 0.6) is 0 Å². The summed E-state index contributed by atoms with van der Waals surface area (Å²) < 4.78 is 0. The minimum Gasteiger partial charge on any atom is -0.343 e. The van der Waals surface area contributed by atoms with Crippen LogP contribution < -0.4 is 5.32 Å². The van der Waals surface area contributed by atoms with E-state index in [2.05, 4.69) is 24.1 Å². The van der Waals surface area contributed by atoms with E-state index in [0.29, 0.717) is 25.3 Å². The minimum absolute atomic E-state index is 0.0339. The number of amides is 2. The van der Waals surface area contributed by atoms with E-state index in [9.17, 15) is 9.59 Å². The Morgan fingerprint density at radius 2 is 2.25 bits per heavy atom. The predicted molar refractivity (Wildman–Crippen MR) is 78.5 cm³/mol. The molecule has 0 radical (unpaired) electrons. The zero-order valence-electron chi connectivity index (χ0n) is 12.2. The highest BCUT2D eigenvalue weighted by atomic mass is 32.1. The summed E-state index contributed by atoms with van der Waals surface area (Å²) in [7, 11) is 0. The highest BCUT2D eigenvalue weighted by molar-refractivity contribution is 7.09. The van der Waals surface area contributed by atoms with E-state index in [4.69, 9.17) is 0 Å². The highest BCUT2D eigenvalue weighted by Gasteiger charge is 2.32. The fraction of sp³-hybridized carbons (Fsp3) is 0.643. The lowest BCUT2D eigenvalue weighted by molar-refractivity contribution is -0.144. The smallest absolute Gasteiger partial charge is 0.245 e. The van der Waals surface area contributed by atoms with Gasteiger partial charge in [-0.2, -0.15) is 0 Å². The molecule has 110 valence electrons. The zero-order valence-corrected chi connectivity index (χ0v) is 13.0. The topological polar surface area (TPSA) is 62.3 Å². The molecular weight excluding hydrogens is 274 g/mol. The Hall–Kier alpha value is -1.43. The molecule has 2 rings (SSSR count). The summed E-state index contributed by atoms with van der Waals surface area (Å²) in [6.45, 7) is 6.79. The summed E-state index contributed by atoms with van der Waals surface area (Å²) in [4.78, 5) is 30.1. The molecule has 5 nitrogen and oxygen atoms in total. The second kappa shape index (κ2) is 6.35. The van der Waals surface area contributed by atoms with Gasteiger partial charge < -0.3 is 10.2 Å². The molecule has 1 saturated heterocycles. The lowest BCUT2D eigenvalue weighted by atomic mass is 10.0. The van der Waals surface area contributed by atoms with Gasteiger partial charge >= 0.3 is 0 Å². The van der Waals surface area contributed by atoms with E-state index in [1.807, 2.05) is 12.3 Å². The summed E-state index contributed by atoms with van der Waals surface area (Å²) in [5.41, 5.74) is 1.00. The molecule has 1 atom stereocenters. The van der Waals surface area contributed by atoms with Gasteiger partial charge in [-0.3, -0.25) is 9.59 Å². The summed E-state index contributed by atoms with van der Waals surface area (Å²) >= 11 is 1.60. The van der Waals surface area contributed by atoms with E-state index >= 15 is 0 Å². The van der Waals surface area contributed by atoms with E-state index in [1.165, 1.54) is 0 Å². The average Bonchev–Trinajstić information content (AvgIpc) is 2.77. The quantitative estimate of drug-likeness (QED) is 0.892. The van der Waals surface area contributed by atoms with Crippen molar-refractivity contribution in [2.75, 3.05) is 13.1 Å². The number of rotatable bonds is 5. The van der Waals surface area contributed by atoms with Gasteiger partial charge in [0.25, 0.3) is 0 Å². The molecule has 1 aliphatic heterocycles. The third-order valence-electron chi connectivity index (χ3n) is 3.25. The van der Waals surface area contributed by atoms with E-state index in [-0.39, 0.29) is 24.4 Å². The Morgan fingerprint density at radius 3 is 2.85 bits per heavy atom. The number of aromatic nitrogens is 1. The van der Waals surface area contributed by atoms with E-state index < -0.39 is 0 Å². The summed E-state index contributed by atoms with van der Waals surface area (Å²) in [5.74, 6) is 0.350. The number of carbonyl (C=O) groups excluding carboxylic acids is 2. The first-order chi connectivity index (χ1) is 9.45. The molecule has 0 spiro atoms. The molecule has 1 N–H and O–H groups in total. The minimum atomic E-state index is -0.366. The number of hydrogen-bond donors (Lipinski definition) is 1. The van der Waals surface area contributed by atoms with Crippen LogP contribution in [0.2, 0.25) is 0 Å². The lowest BCUT2D eigenvalue weighted by Gasteiger charge is -2.33. The highest BCUT2D eigenvalue weighted by Crippen LogP contribution is 2.14. The largest absolute Gasteiger partial charge is 0.343 e. The summed E-state index contributed by atoms with van der Waals surface area (Å²) in [6.07, 6.45) is 1.41. The number of aryl methyl sites for hydroxylation is 1. The maximum absolute atomic E-state index is 12.3. The number of nitrogens with zero attached hydrogens (tertiary/aromatic N) is 2. The molecule has 1 fully saturated rings. The van der Waals surface area contributed by atoms with E-state index in [1.54, 1.807) is 16.2 Å². The van der Waals surface area contributed by atoms with Gasteiger partial charge in [-0.15, -0.1) is 11.3 Å². The van der Waals surface area contributed by atoms with Gasteiger partial charge in [-0.25, -0.2) is 4.98 Å². The monoisotopic (exact) mass is 295 g/mol. The van der Waals surface area contributed by atoms with Crippen molar-refractivity contribution in [3.8, 4) is 0 Å². The average molecular weight is 295 g/mol. The van der Waals surface area contributed by atoms with Gasteiger partial charge in [-0.1, -0.05) is 13.8 Å². The number of piperazine rings is 1. The molecule has 0 aliphatic carbocycles. The Bertz CT molecular complexity index is 498. The van der Waals surface area contributed by atoms with Gasteiger partial charge in [0.15, 0.2) is 0 Å². The maximum atomic E-state index is 12.3. The molecule has 6 heteroatoms. The molecule has 2 amide bonds. The van der Waals surface area contributed by atoms with Crippen LogP contribution in [0.1, 0.15) is 31.0 Å². The molecular formula is C14H21N3O2S. The predicted octanol–water partition coefficient (Wildman–Crippen LogP) is 1.37. The number of thiazole rings is 1. The molecule has 1 aliphatic rings. The first kappa shape index (κ1) is 15.0. The van der Waals surface area contributed by atoms with Crippen molar-refractivity contribution in [1.29, 1.82) is 0 Å². The summed E-state index contributed by atoms with van der Waals surface area (Å²) in [6, 6.07) is -0.366. The van der Waals surface area contributed by atoms with Crippen molar-refractivity contribution < 1.29 is 9.59 Å². The van der Waals surface area contributed by atoms with Crippen LogP contribution in [0.15, 0.2) is 5.38 Å². The van der Waals surface area contributed by atoms with Crippen LogP contribution in [0.25, 0.3) is 0 Å². The van der Waals surface area contributed by atoms with Crippen molar-refractivity contribution in [3.05, 3.63) is 16.1 Å². The standard InChI is InChI=1S/C14H21N3O2S/c1-9(2)6-11-14(19)17(7-12(18)16-11)5-4-13-15-10(3)8-20-13/h8-9,11H,4-7H2,1-3H3,(H,16,18). The van der Waals surface area contributed by atoms with Gasteiger partial charge in [0, 0.05) is 24.0 Å². The zero-order chi connectivity index (χ0) is 14.7. The van der Waals surface area contributed by atoms with Gasteiger partial charge in [0.1, 0.15) is 6.04 Å². The van der Waals surface area contributed by atoms with Gasteiger partial charge in [0.2, 0.25) is 11.8 Å². The number of hydrogen-bond acceptors (Lipinski definition) is 4. The fourth-order valence-corrected chi connectivity index (χ4v) is 3.11. The molecule has 2 heterocycles. The molecule has 0 aromatic carbocycles. The van der Waals surface area contributed by atoms with E-state index in [0.717, 1.165) is 10.7 Å². The van der Waals surface area contributed by atoms with Crippen LogP contribution in [0, 0.1) is 12.8 Å². The van der Waals surface area contributed by atoms with Crippen LogP contribution >= 0.6 is 11.3 Å². The normalized spacial score (nSPS) is 19.6. The molecule has 1 unspecified atom stereocenters. The summed E-state index contributed by atoms with van der Waals surface area (Å²) in [5, 5.41) is 5.80. The van der Waals surface area contributed by atoms with Crippen molar-refractivity contribution in [2.24, 2.45) is 5.92 Å². The van der Waals surface area contributed by atoms with Crippen molar-refractivity contribution >= 4 is 23.2 Å². The third-order valence-corrected chi connectivity index (χ3v) is 4.28. The van der Waals surface area contributed by atoms with Crippen LogP contribution in [-0.2, 0) is 16.0 Å². The Balaban J connectivity index is 1.95.